The number of aromatic nitrogens is 2. The van der Waals surface area contributed by atoms with Gasteiger partial charge in [-0.15, -0.1) is 0 Å². The fraction of sp³-hybridized carbons (Fsp3) is 0.714. The lowest BCUT2D eigenvalue weighted by atomic mass is 9.98. The highest BCUT2D eigenvalue weighted by atomic mass is 16.3. The first kappa shape index (κ1) is 12.7. The summed E-state index contributed by atoms with van der Waals surface area (Å²) in [4.78, 5) is 12.0. The molecule has 2 aliphatic carbocycles. The van der Waals surface area contributed by atoms with E-state index in [0.717, 1.165) is 44.0 Å². The molecule has 1 aromatic heterocycles. The molecular formula is C14H21N3O2. The van der Waals surface area contributed by atoms with Gasteiger partial charge < -0.3 is 10.4 Å². The molecule has 1 heterocycles. The summed E-state index contributed by atoms with van der Waals surface area (Å²) in [5.74, 6) is 1.36. The number of aliphatic hydroxyl groups is 1. The van der Waals surface area contributed by atoms with Crippen molar-refractivity contribution in [2.24, 2.45) is 5.92 Å². The van der Waals surface area contributed by atoms with Crippen molar-refractivity contribution in [2.75, 3.05) is 5.32 Å². The zero-order valence-corrected chi connectivity index (χ0v) is 11.1. The molecule has 2 fully saturated rings. The van der Waals surface area contributed by atoms with Crippen LogP contribution in [0.1, 0.15) is 44.9 Å². The van der Waals surface area contributed by atoms with Gasteiger partial charge in [-0.05, 0) is 31.6 Å². The highest BCUT2D eigenvalue weighted by Crippen LogP contribution is 2.33. The Hall–Kier alpha value is -1.36. The Morgan fingerprint density at radius 1 is 1.47 bits per heavy atom. The number of amides is 1. The number of anilines is 1. The van der Waals surface area contributed by atoms with Crippen LogP contribution < -0.4 is 5.32 Å². The SMILES string of the molecule is O=C(CC1(O)CCCC1)Nc1ccnn1CC1CC1. The maximum Gasteiger partial charge on any atom is 0.228 e. The lowest BCUT2D eigenvalue weighted by Gasteiger charge is -2.21. The molecule has 1 aromatic rings. The Kier molecular flexibility index (Phi) is 3.31. The van der Waals surface area contributed by atoms with Gasteiger partial charge in [-0.25, -0.2) is 4.68 Å². The standard InChI is InChI=1S/C14H21N3O2/c18-13(9-14(19)6-1-2-7-14)16-12-5-8-15-17(12)10-11-3-4-11/h5,8,11,19H,1-4,6-7,9-10H2,(H,16,18). The zero-order chi connectivity index (χ0) is 13.3. The van der Waals surface area contributed by atoms with E-state index in [0.29, 0.717) is 0 Å². The first-order chi connectivity index (χ1) is 9.15. The third kappa shape index (κ3) is 3.15. The number of carbonyl (C=O) groups is 1. The molecular weight excluding hydrogens is 242 g/mol. The topological polar surface area (TPSA) is 67.2 Å². The van der Waals surface area contributed by atoms with Crippen LogP contribution in [0.25, 0.3) is 0 Å². The Balaban J connectivity index is 1.57. The largest absolute Gasteiger partial charge is 0.389 e. The van der Waals surface area contributed by atoms with Crippen LogP contribution in [0.5, 0.6) is 0 Å². The first-order valence-electron chi connectivity index (χ1n) is 7.19. The molecule has 1 amide bonds. The quantitative estimate of drug-likeness (QED) is 0.853. The second-order valence-electron chi connectivity index (χ2n) is 6.00. The van der Waals surface area contributed by atoms with Gasteiger partial charge >= 0.3 is 0 Å². The van der Waals surface area contributed by atoms with Gasteiger partial charge in [0.2, 0.25) is 5.91 Å². The average Bonchev–Trinajstić information content (AvgIpc) is 2.91. The molecule has 2 aliphatic rings. The van der Waals surface area contributed by atoms with E-state index in [9.17, 15) is 9.90 Å². The van der Waals surface area contributed by atoms with Crippen LogP contribution in [-0.4, -0.2) is 26.4 Å². The molecule has 0 aliphatic heterocycles. The molecule has 5 nitrogen and oxygen atoms in total. The van der Waals surface area contributed by atoms with Crippen molar-refractivity contribution in [1.29, 1.82) is 0 Å². The zero-order valence-electron chi connectivity index (χ0n) is 11.1. The summed E-state index contributed by atoms with van der Waals surface area (Å²) in [5, 5.41) is 17.3. The van der Waals surface area contributed by atoms with E-state index in [1.807, 2.05) is 10.7 Å². The van der Waals surface area contributed by atoms with Gasteiger partial charge in [0.1, 0.15) is 5.82 Å². The van der Waals surface area contributed by atoms with Crippen LogP contribution in [0.15, 0.2) is 12.3 Å². The predicted molar refractivity (Wildman–Crippen MR) is 71.6 cm³/mol. The van der Waals surface area contributed by atoms with E-state index in [1.165, 1.54) is 12.8 Å². The molecule has 0 aromatic carbocycles. The van der Waals surface area contributed by atoms with Crippen molar-refractivity contribution in [3.63, 3.8) is 0 Å². The van der Waals surface area contributed by atoms with Gasteiger partial charge in [-0.3, -0.25) is 4.79 Å². The summed E-state index contributed by atoms with van der Waals surface area (Å²) in [7, 11) is 0. The van der Waals surface area contributed by atoms with Gasteiger partial charge in [0.05, 0.1) is 18.2 Å². The molecule has 5 heteroatoms. The number of hydrogen-bond acceptors (Lipinski definition) is 3. The number of nitrogens with one attached hydrogen (secondary N) is 1. The molecule has 0 saturated heterocycles. The van der Waals surface area contributed by atoms with E-state index >= 15 is 0 Å². The molecule has 2 N–H and O–H groups in total. The molecule has 19 heavy (non-hydrogen) atoms. The van der Waals surface area contributed by atoms with Crippen molar-refractivity contribution >= 4 is 11.7 Å². The number of carbonyl (C=O) groups excluding carboxylic acids is 1. The Morgan fingerprint density at radius 3 is 2.89 bits per heavy atom. The molecule has 3 rings (SSSR count). The minimum atomic E-state index is -0.786. The lowest BCUT2D eigenvalue weighted by Crippen LogP contribution is -2.31. The second kappa shape index (κ2) is 4.96. The van der Waals surface area contributed by atoms with Gasteiger partial charge in [-0.2, -0.15) is 5.10 Å². The Morgan fingerprint density at radius 2 is 2.21 bits per heavy atom. The van der Waals surface area contributed by atoms with Crippen molar-refractivity contribution in [2.45, 2.75) is 57.1 Å². The molecule has 0 bridgehead atoms. The molecule has 0 spiro atoms. The predicted octanol–water partition coefficient (Wildman–Crippen LogP) is 1.93. The smallest absolute Gasteiger partial charge is 0.228 e. The maximum atomic E-state index is 12.0. The third-order valence-corrected chi connectivity index (χ3v) is 4.14. The van der Waals surface area contributed by atoms with Gasteiger partial charge in [0, 0.05) is 12.6 Å². The van der Waals surface area contributed by atoms with Crippen molar-refractivity contribution < 1.29 is 9.90 Å². The highest BCUT2D eigenvalue weighted by Gasteiger charge is 2.33. The minimum absolute atomic E-state index is 0.109. The van der Waals surface area contributed by atoms with E-state index in [2.05, 4.69) is 10.4 Å². The lowest BCUT2D eigenvalue weighted by molar-refractivity contribution is -0.120. The molecule has 0 atom stereocenters. The molecule has 0 radical (unpaired) electrons. The normalized spacial score (nSPS) is 21.5. The summed E-state index contributed by atoms with van der Waals surface area (Å²) in [5.41, 5.74) is -0.786. The number of hydrogen-bond donors (Lipinski definition) is 2. The van der Waals surface area contributed by atoms with Gasteiger partial charge in [-0.1, -0.05) is 12.8 Å². The first-order valence-corrected chi connectivity index (χ1v) is 7.19. The van der Waals surface area contributed by atoms with Crippen LogP contribution in [0.2, 0.25) is 0 Å². The molecule has 104 valence electrons. The summed E-state index contributed by atoms with van der Waals surface area (Å²) >= 11 is 0. The van der Waals surface area contributed by atoms with Gasteiger partial charge in [0.25, 0.3) is 0 Å². The second-order valence-corrected chi connectivity index (χ2v) is 6.00. The van der Waals surface area contributed by atoms with Crippen molar-refractivity contribution in [3.8, 4) is 0 Å². The maximum absolute atomic E-state index is 12.0. The minimum Gasteiger partial charge on any atom is -0.389 e. The van der Waals surface area contributed by atoms with Crippen LogP contribution >= 0.6 is 0 Å². The summed E-state index contributed by atoms with van der Waals surface area (Å²) in [6.07, 6.45) is 7.93. The highest BCUT2D eigenvalue weighted by molar-refractivity contribution is 5.90. The van der Waals surface area contributed by atoms with Crippen LogP contribution in [0, 0.1) is 5.92 Å². The Bertz CT molecular complexity index is 459. The van der Waals surface area contributed by atoms with E-state index in [-0.39, 0.29) is 12.3 Å². The fourth-order valence-corrected chi connectivity index (χ4v) is 2.83. The van der Waals surface area contributed by atoms with Crippen LogP contribution in [0.4, 0.5) is 5.82 Å². The van der Waals surface area contributed by atoms with Crippen molar-refractivity contribution in [1.82, 2.24) is 9.78 Å². The van der Waals surface area contributed by atoms with E-state index in [4.69, 9.17) is 0 Å². The summed E-state index contributed by atoms with van der Waals surface area (Å²) < 4.78 is 1.86. The van der Waals surface area contributed by atoms with Crippen LogP contribution in [0.3, 0.4) is 0 Å². The van der Waals surface area contributed by atoms with E-state index in [1.54, 1.807) is 6.20 Å². The van der Waals surface area contributed by atoms with E-state index < -0.39 is 5.60 Å². The fourth-order valence-electron chi connectivity index (χ4n) is 2.83. The number of nitrogens with zero attached hydrogens (tertiary/aromatic N) is 2. The number of rotatable bonds is 5. The third-order valence-electron chi connectivity index (χ3n) is 4.14. The summed E-state index contributed by atoms with van der Waals surface area (Å²) in [6, 6.07) is 1.82. The monoisotopic (exact) mass is 263 g/mol. The van der Waals surface area contributed by atoms with Gasteiger partial charge in [0.15, 0.2) is 0 Å². The molecule has 2 saturated carbocycles. The molecule has 0 unspecified atom stereocenters. The average molecular weight is 263 g/mol. The van der Waals surface area contributed by atoms with Crippen LogP contribution in [-0.2, 0) is 11.3 Å². The van der Waals surface area contributed by atoms with Crippen molar-refractivity contribution in [3.05, 3.63) is 12.3 Å². The summed E-state index contributed by atoms with van der Waals surface area (Å²) in [6.45, 7) is 0.882. The Labute approximate surface area is 113 Å².